The lowest BCUT2D eigenvalue weighted by molar-refractivity contribution is 0.703. The van der Waals surface area contributed by atoms with Gasteiger partial charge in [0.1, 0.15) is 0 Å². The van der Waals surface area contributed by atoms with Gasteiger partial charge in [-0.3, -0.25) is 0 Å². The van der Waals surface area contributed by atoms with Crippen LogP contribution in [0.4, 0.5) is 0 Å². The molecule has 0 spiro atoms. The summed E-state index contributed by atoms with van der Waals surface area (Å²) in [4.78, 5) is 0. The Morgan fingerprint density at radius 3 is 2.75 bits per heavy atom. The van der Waals surface area contributed by atoms with Crippen molar-refractivity contribution in [1.29, 1.82) is 0 Å². The summed E-state index contributed by atoms with van der Waals surface area (Å²) in [5, 5.41) is 0.712. The summed E-state index contributed by atoms with van der Waals surface area (Å²) < 4.78 is 0. The second kappa shape index (κ2) is 5.10. The third-order valence-electron chi connectivity index (χ3n) is 2.41. The Morgan fingerprint density at radius 2 is 2.25 bits per heavy atom. The Bertz CT molecular complexity index is 128. The molecule has 1 aliphatic rings. The zero-order chi connectivity index (χ0) is 8.97. The van der Waals surface area contributed by atoms with E-state index in [4.69, 9.17) is 11.5 Å². The Labute approximate surface area is 79.5 Å². The van der Waals surface area contributed by atoms with Gasteiger partial charge in [0.2, 0.25) is 0 Å². The predicted molar refractivity (Wildman–Crippen MR) is 56.3 cm³/mol. The van der Waals surface area contributed by atoms with E-state index in [9.17, 15) is 0 Å². The van der Waals surface area contributed by atoms with Gasteiger partial charge in [-0.15, -0.1) is 0 Å². The monoisotopic (exact) mass is 188 g/mol. The molecule has 1 aliphatic carbocycles. The molecular formula is C9H20N2S. The lowest BCUT2D eigenvalue weighted by atomic mass is 10.3. The van der Waals surface area contributed by atoms with Gasteiger partial charge in [0.15, 0.2) is 0 Å². The maximum Gasteiger partial charge on any atom is 0.0199 e. The minimum atomic E-state index is 0.343. The highest BCUT2D eigenvalue weighted by atomic mass is 32.2. The highest BCUT2D eigenvalue weighted by Gasteiger charge is 2.23. The number of hydrogen-bond donors (Lipinski definition) is 2. The Balaban J connectivity index is 2.06. The molecule has 12 heavy (non-hydrogen) atoms. The van der Waals surface area contributed by atoms with Crippen molar-refractivity contribution in [2.24, 2.45) is 11.5 Å². The first-order chi connectivity index (χ1) is 5.70. The third kappa shape index (κ3) is 3.33. The van der Waals surface area contributed by atoms with Gasteiger partial charge in [-0.2, -0.15) is 11.8 Å². The first-order valence-corrected chi connectivity index (χ1v) is 5.88. The summed E-state index contributed by atoms with van der Waals surface area (Å²) in [7, 11) is 0. The first-order valence-electron chi connectivity index (χ1n) is 4.83. The molecule has 0 aliphatic heterocycles. The minimum absolute atomic E-state index is 0.343. The fraction of sp³-hybridized carbons (Fsp3) is 1.00. The Morgan fingerprint density at radius 1 is 1.50 bits per heavy atom. The largest absolute Gasteiger partial charge is 0.328 e. The maximum atomic E-state index is 5.94. The van der Waals surface area contributed by atoms with Crippen LogP contribution in [0.3, 0.4) is 0 Å². The van der Waals surface area contributed by atoms with E-state index in [-0.39, 0.29) is 0 Å². The summed E-state index contributed by atoms with van der Waals surface area (Å²) in [6.07, 6.45) is 4.96. The molecule has 3 atom stereocenters. The van der Waals surface area contributed by atoms with Crippen LogP contribution in [0, 0.1) is 0 Å². The van der Waals surface area contributed by atoms with Crippen molar-refractivity contribution < 1.29 is 0 Å². The molecule has 0 amide bonds. The van der Waals surface area contributed by atoms with Gasteiger partial charge < -0.3 is 11.5 Å². The Hall–Kier alpha value is 0.270. The standard InChI is InChI=1S/C9H20N2S/c1-7(10)5-6-12-9-4-2-3-8(9)11/h7-9H,2-6,10-11H2,1H3. The molecule has 3 heteroatoms. The van der Waals surface area contributed by atoms with Crippen molar-refractivity contribution in [1.82, 2.24) is 0 Å². The number of hydrogen-bond acceptors (Lipinski definition) is 3. The highest BCUT2D eigenvalue weighted by molar-refractivity contribution is 7.99. The van der Waals surface area contributed by atoms with Gasteiger partial charge >= 0.3 is 0 Å². The number of rotatable bonds is 4. The van der Waals surface area contributed by atoms with E-state index in [1.54, 1.807) is 0 Å². The quantitative estimate of drug-likeness (QED) is 0.700. The molecule has 0 bridgehead atoms. The van der Waals surface area contributed by atoms with Gasteiger partial charge in [-0.25, -0.2) is 0 Å². The van der Waals surface area contributed by atoms with E-state index in [1.807, 2.05) is 11.8 Å². The molecular weight excluding hydrogens is 168 g/mol. The summed E-state index contributed by atoms with van der Waals surface area (Å²) in [5.41, 5.74) is 11.6. The van der Waals surface area contributed by atoms with Gasteiger partial charge in [0, 0.05) is 17.3 Å². The molecule has 4 N–H and O–H groups in total. The lowest BCUT2D eigenvalue weighted by Gasteiger charge is -2.15. The van der Waals surface area contributed by atoms with Crippen LogP contribution in [-0.2, 0) is 0 Å². The lowest BCUT2D eigenvalue weighted by Crippen LogP contribution is -2.27. The second-order valence-corrected chi connectivity index (χ2v) is 5.12. The van der Waals surface area contributed by atoms with Crippen LogP contribution in [0.2, 0.25) is 0 Å². The van der Waals surface area contributed by atoms with Crippen molar-refractivity contribution in [2.45, 2.75) is 49.9 Å². The van der Waals surface area contributed by atoms with Crippen LogP contribution in [0.5, 0.6) is 0 Å². The summed E-state index contributed by atoms with van der Waals surface area (Å²) in [6, 6.07) is 0.790. The van der Waals surface area contributed by atoms with E-state index in [0.717, 1.165) is 6.42 Å². The molecule has 1 saturated carbocycles. The summed E-state index contributed by atoms with van der Waals surface area (Å²) in [5.74, 6) is 1.18. The second-order valence-electron chi connectivity index (χ2n) is 3.77. The van der Waals surface area contributed by atoms with Gasteiger partial charge in [0.05, 0.1) is 0 Å². The summed E-state index contributed by atoms with van der Waals surface area (Å²) >= 11 is 2.02. The topological polar surface area (TPSA) is 52.0 Å². The Kier molecular flexibility index (Phi) is 4.40. The molecule has 0 aromatic rings. The van der Waals surface area contributed by atoms with Crippen LogP contribution in [0.25, 0.3) is 0 Å². The predicted octanol–water partition coefficient (Wildman–Crippen LogP) is 1.34. The normalized spacial score (nSPS) is 32.2. The molecule has 72 valence electrons. The van der Waals surface area contributed by atoms with Gasteiger partial charge in [-0.05, 0) is 31.9 Å². The van der Waals surface area contributed by atoms with Crippen molar-refractivity contribution >= 4 is 11.8 Å². The number of nitrogens with two attached hydrogens (primary N) is 2. The van der Waals surface area contributed by atoms with E-state index in [0.29, 0.717) is 17.3 Å². The molecule has 0 saturated heterocycles. The fourth-order valence-electron chi connectivity index (χ4n) is 1.57. The van der Waals surface area contributed by atoms with Crippen molar-refractivity contribution in [3.05, 3.63) is 0 Å². The molecule has 1 fully saturated rings. The minimum Gasteiger partial charge on any atom is -0.328 e. The maximum absolute atomic E-state index is 5.94. The van der Waals surface area contributed by atoms with Crippen LogP contribution >= 0.6 is 11.8 Å². The molecule has 1 rings (SSSR count). The summed E-state index contributed by atoms with van der Waals surface area (Å²) in [6.45, 7) is 2.06. The molecule has 0 radical (unpaired) electrons. The first kappa shape index (κ1) is 10.4. The molecule has 0 aromatic carbocycles. The van der Waals surface area contributed by atoms with Crippen LogP contribution in [0.15, 0.2) is 0 Å². The van der Waals surface area contributed by atoms with E-state index >= 15 is 0 Å². The van der Waals surface area contributed by atoms with Crippen molar-refractivity contribution in [3.63, 3.8) is 0 Å². The van der Waals surface area contributed by atoms with Crippen LogP contribution in [0.1, 0.15) is 32.6 Å². The zero-order valence-electron chi connectivity index (χ0n) is 7.83. The smallest absolute Gasteiger partial charge is 0.0199 e. The molecule has 0 aromatic heterocycles. The average molecular weight is 188 g/mol. The van der Waals surface area contributed by atoms with Gasteiger partial charge in [-0.1, -0.05) is 6.42 Å². The molecule has 2 nitrogen and oxygen atoms in total. The van der Waals surface area contributed by atoms with Crippen molar-refractivity contribution in [2.75, 3.05) is 5.75 Å². The zero-order valence-corrected chi connectivity index (χ0v) is 8.65. The van der Waals surface area contributed by atoms with E-state index in [2.05, 4.69) is 6.92 Å². The third-order valence-corrected chi connectivity index (χ3v) is 3.89. The SMILES string of the molecule is CC(N)CCSC1CCCC1N. The molecule has 3 unspecified atom stereocenters. The van der Waals surface area contributed by atoms with Gasteiger partial charge in [0.25, 0.3) is 0 Å². The van der Waals surface area contributed by atoms with E-state index < -0.39 is 0 Å². The van der Waals surface area contributed by atoms with Crippen LogP contribution in [-0.4, -0.2) is 23.1 Å². The fourth-order valence-corrected chi connectivity index (χ4v) is 3.09. The average Bonchev–Trinajstić information content (AvgIpc) is 2.36. The van der Waals surface area contributed by atoms with E-state index in [1.165, 1.54) is 25.0 Å². The highest BCUT2D eigenvalue weighted by Crippen LogP contribution is 2.29. The molecule has 0 heterocycles. The number of thioether (sulfide) groups is 1. The van der Waals surface area contributed by atoms with Crippen LogP contribution < -0.4 is 11.5 Å². The van der Waals surface area contributed by atoms with Crippen molar-refractivity contribution in [3.8, 4) is 0 Å².